The summed E-state index contributed by atoms with van der Waals surface area (Å²) < 4.78 is 33.0. The number of carbonyl (C=O) groups is 1. The zero-order chi connectivity index (χ0) is 13.3. The van der Waals surface area contributed by atoms with Crippen molar-refractivity contribution in [2.24, 2.45) is 4.40 Å². The highest BCUT2D eigenvalue weighted by atomic mass is 32.2. The molecule has 0 aromatic carbocycles. The first-order valence-corrected chi connectivity index (χ1v) is 7.02. The van der Waals surface area contributed by atoms with Crippen LogP contribution in [-0.2, 0) is 19.7 Å². The molecule has 0 aliphatic carbocycles. The number of nitrogens with zero attached hydrogens (tertiary/aromatic N) is 2. The highest BCUT2D eigenvalue weighted by Gasteiger charge is 2.24. The summed E-state index contributed by atoms with van der Waals surface area (Å²) in [6.07, 6.45) is 2.84. The van der Waals surface area contributed by atoms with E-state index in [2.05, 4.69) is 18.8 Å². The summed E-state index contributed by atoms with van der Waals surface area (Å²) in [7, 11) is -2.77. The van der Waals surface area contributed by atoms with Crippen molar-refractivity contribution in [3.8, 4) is 0 Å². The molecular weight excluding hydrogens is 278 g/mol. The first-order valence-electron chi connectivity index (χ1n) is 4.77. The van der Waals surface area contributed by atoms with E-state index in [-0.39, 0.29) is 11.4 Å². The second kappa shape index (κ2) is 4.50. The van der Waals surface area contributed by atoms with Gasteiger partial charge in [0.05, 0.1) is 22.7 Å². The molecule has 0 spiro atoms. The summed E-state index contributed by atoms with van der Waals surface area (Å²) >= 11 is 1.30. The van der Waals surface area contributed by atoms with E-state index in [1.165, 1.54) is 23.6 Å². The van der Waals surface area contributed by atoms with E-state index in [1.54, 1.807) is 6.92 Å². The monoisotopic (exact) mass is 287 g/mol. The first kappa shape index (κ1) is 12.7. The summed E-state index contributed by atoms with van der Waals surface area (Å²) in [5.74, 6) is -0.807. The molecule has 1 aromatic rings. The molecule has 1 aromatic heterocycles. The second-order valence-corrected chi connectivity index (χ2v) is 5.92. The summed E-state index contributed by atoms with van der Waals surface area (Å²) in [6.45, 7) is 1.79. The van der Waals surface area contributed by atoms with Crippen molar-refractivity contribution < 1.29 is 17.9 Å². The number of thiazole rings is 1. The zero-order valence-electron chi connectivity index (χ0n) is 9.50. The number of ether oxygens (including phenoxy) is 1. The van der Waals surface area contributed by atoms with Gasteiger partial charge in [-0.2, -0.15) is 8.42 Å². The van der Waals surface area contributed by atoms with Gasteiger partial charge in [-0.3, -0.25) is 4.72 Å². The van der Waals surface area contributed by atoms with Crippen LogP contribution in [0.4, 0.5) is 0 Å². The number of methoxy groups -OCH3 is 1. The summed E-state index contributed by atoms with van der Waals surface area (Å²) in [4.78, 5) is 16.0. The van der Waals surface area contributed by atoms with Gasteiger partial charge in [0.2, 0.25) is 0 Å². The largest absolute Gasteiger partial charge is 0.464 e. The maximum Gasteiger partial charge on any atom is 0.357 e. The van der Waals surface area contributed by atoms with Gasteiger partial charge < -0.3 is 4.74 Å². The minimum atomic E-state index is -3.93. The molecule has 1 aliphatic heterocycles. The third-order valence-electron chi connectivity index (χ3n) is 2.02. The van der Waals surface area contributed by atoms with Crippen molar-refractivity contribution in [2.45, 2.75) is 6.92 Å². The van der Waals surface area contributed by atoms with Crippen LogP contribution in [-0.4, -0.2) is 32.2 Å². The van der Waals surface area contributed by atoms with Gasteiger partial charge in [0.15, 0.2) is 5.71 Å². The van der Waals surface area contributed by atoms with Crippen LogP contribution in [0.15, 0.2) is 16.7 Å². The first-order chi connectivity index (χ1) is 8.41. The topological polar surface area (TPSA) is 97.7 Å². The molecule has 0 bridgehead atoms. The SMILES string of the molecule is COC(=O)C1=NS(=O)(=O)NC(c2cnc(C)s2)=C1. The van der Waals surface area contributed by atoms with Crippen LogP contribution in [0.1, 0.15) is 9.88 Å². The van der Waals surface area contributed by atoms with Crippen molar-refractivity contribution in [2.75, 3.05) is 7.11 Å². The Hall–Kier alpha value is -1.74. The van der Waals surface area contributed by atoms with E-state index in [9.17, 15) is 13.2 Å². The van der Waals surface area contributed by atoms with Gasteiger partial charge in [0.25, 0.3) is 0 Å². The predicted octanol–water partition coefficient (Wildman–Crippen LogP) is 0.254. The molecule has 0 saturated heterocycles. The Bertz CT molecular complexity index is 657. The molecule has 1 N–H and O–H groups in total. The molecule has 0 atom stereocenters. The van der Waals surface area contributed by atoms with Crippen LogP contribution in [0.3, 0.4) is 0 Å². The van der Waals surface area contributed by atoms with Gasteiger partial charge in [0.1, 0.15) is 0 Å². The Morgan fingerprint density at radius 3 is 2.78 bits per heavy atom. The zero-order valence-corrected chi connectivity index (χ0v) is 11.1. The van der Waals surface area contributed by atoms with Gasteiger partial charge >= 0.3 is 16.2 Å². The van der Waals surface area contributed by atoms with E-state index >= 15 is 0 Å². The van der Waals surface area contributed by atoms with Crippen LogP contribution in [0.2, 0.25) is 0 Å². The van der Waals surface area contributed by atoms with Crippen LogP contribution in [0.25, 0.3) is 5.70 Å². The van der Waals surface area contributed by atoms with Crippen molar-refractivity contribution in [3.05, 3.63) is 22.2 Å². The van der Waals surface area contributed by atoms with E-state index in [0.29, 0.717) is 4.88 Å². The lowest BCUT2D eigenvalue weighted by Crippen LogP contribution is -2.29. The number of esters is 1. The van der Waals surface area contributed by atoms with Crippen LogP contribution in [0.5, 0.6) is 0 Å². The number of aromatic nitrogens is 1. The number of hydrogen-bond donors (Lipinski definition) is 1. The number of nitrogens with one attached hydrogen (secondary N) is 1. The Kier molecular flexibility index (Phi) is 3.18. The average molecular weight is 287 g/mol. The van der Waals surface area contributed by atoms with Gasteiger partial charge in [-0.05, 0) is 13.0 Å². The van der Waals surface area contributed by atoms with E-state index in [0.717, 1.165) is 12.1 Å². The highest BCUT2D eigenvalue weighted by Crippen LogP contribution is 2.22. The van der Waals surface area contributed by atoms with Gasteiger partial charge in [-0.15, -0.1) is 15.7 Å². The Morgan fingerprint density at radius 1 is 1.50 bits per heavy atom. The fraction of sp³-hybridized carbons (Fsp3) is 0.222. The fourth-order valence-corrected chi connectivity index (χ4v) is 2.98. The summed E-state index contributed by atoms with van der Waals surface area (Å²) in [5.41, 5.74) is -0.00620. The summed E-state index contributed by atoms with van der Waals surface area (Å²) in [5, 5.41) is 0.784. The molecule has 2 heterocycles. The molecule has 96 valence electrons. The summed E-state index contributed by atoms with van der Waals surface area (Å²) in [6, 6.07) is 0. The quantitative estimate of drug-likeness (QED) is 0.786. The molecule has 0 unspecified atom stereocenters. The minimum absolute atomic E-state index is 0.260. The Labute approximate surface area is 107 Å². The Balaban J connectivity index is 2.47. The molecule has 9 heteroatoms. The van der Waals surface area contributed by atoms with Crippen molar-refractivity contribution >= 4 is 38.9 Å². The van der Waals surface area contributed by atoms with Crippen LogP contribution >= 0.6 is 11.3 Å². The molecule has 0 saturated carbocycles. The molecule has 1 aliphatic rings. The highest BCUT2D eigenvalue weighted by molar-refractivity contribution is 7.88. The van der Waals surface area contributed by atoms with Crippen LogP contribution < -0.4 is 4.72 Å². The minimum Gasteiger partial charge on any atom is -0.464 e. The van der Waals surface area contributed by atoms with Gasteiger partial charge in [-0.25, -0.2) is 9.78 Å². The van der Waals surface area contributed by atoms with Crippen molar-refractivity contribution in [3.63, 3.8) is 0 Å². The van der Waals surface area contributed by atoms with E-state index in [1.807, 2.05) is 0 Å². The average Bonchev–Trinajstić information content (AvgIpc) is 2.72. The van der Waals surface area contributed by atoms with E-state index in [4.69, 9.17) is 0 Å². The lowest BCUT2D eigenvalue weighted by Gasteiger charge is -2.12. The van der Waals surface area contributed by atoms with Crippen LogP contribution in [0, 0.1) is 6.92 Å². The number of carbonyl (C=O) groups excluding carboxylic acids is 1. The number of hydrogen-bond acceptors (Lipinski definition) is 6. The number of aryl methyl sites for hydroxylation is 1. The lowest BCUT2D eigenvalue weighted by molar-refractivity contribution is -0.132. The molecule has 0 fully saturated rings. The lowest BCUT2D eigenvalue weighted by atomic mass is 10.3. The molecule has 0 amide bonds. The normalized spacial score (nSPS) is 17.4. The van der Waals surface area contributed by atoms with Crippen molar-refractivity contribution in [1.29, 1.82) is 0 Å². The molecule has 2 rings (SSSR count). The molecule has 7 nitrogen and oxygen atoms in total. The molecular formula is C9H9N3O4S2. The van der Waals surface area contributed by atoms with Gasteiger partial charge in [-0.1, -0.05) is 0 Å². The Morgan fingerprint density at radius 2 is 2.22 bits per heavy atom. The predicted molar refractivity (Wildman–Crippen MR) is 66.3 cm³/mol. The third kappa shape index (κ3) is 2.57. The molecule has 0 radical (unpaired) electrons. The van der Waals surface area contributed by atoms with Gasteiger partial charge in [0, 0.05) is 6.20 Å². The third-order valence-corrected chi connectivity index (χ3v) is 3.88. The smallest absolute Gasteiger partial charge is 0.357 e. The molecule has 18 heavy (non-hydrogen) atoms. The number of rotatable bonds is 2. The van der Waals surface area contributed by atoms with Crippen molar-refractivity contribution in [1.82, 2.24) is 9.71 Å². The fourth-order valence-electron chi connectivity index (χ4n) is 1.29. The maximum atomic E-state index is 11.5. The standard InChI is InChI=1S/C9H9N3O4S2/c1-5-10-4-8(17-5)6-3-7(9(13)16-2)12-18(14,15)11-6/h3-4,11H,1-2H3. The van der Waals surface area contributed by atoms with E-state index < -0.39 is 16.2 Å². The second-order valence-electron chi connectivity index (χ2n) is 3.35. The maximum absolute atomic E-state index is 11.5.